The Labute approximate surface area is 151 Å². The van der Waals surface area contributed by atoms with Crippen LogP contribution in [0.4, 0.5) is 4.79 Å². The van der Waals surface area contributed by atoms with Crippen LogP contribution >= 0.6 is 0 Å². The highest BCUT2D eigenvalue weighted by molar-refractivity contribution is 5.75. The zero-order valence-corrected chi connectivity index (χ0v) is 15.2. The SMILES string of the molecule is CC(O)C1CCCN(C(=O)NC(CN2CCCC2)c2ccccc2)C1. The van der Waals surface area contributed by atoms with E-state index in [2.05, 4.69) is 22.3 Å². The molecule has 3 atom stereocenters. The standard InChI is InChI=1S/C20H31N3O2/c1-16(24)18-10-7-13-23(14-18)20(25)21-19(15-22-11-5-6-12-22)17-8-3-2-4-9-17/h2-4,8-9,16,18-19,24H,5-7,10-15H2,1H3,(H,21,25). The number of likely N-dealkylation sites (tertiary alicyclic amines) is 2. The third-order valence-corrected chi connectivity index (χ3v) is 5.57. The minimum absolute atomic E-state index is 0.00148. The van der Waals surface area contributed by atoms with E-state index in [1.165, 1.54) is 12.8 Å². The first-order valence-electron chi connectivity index (χ1n) is 9.64. The van der Waals surface area contributed by atoms with E-state index >= 15 is 0 Å². The molecule has 0 radical (unpaired) electrons. The van der Waals surface area contributed by atoms with Gasteiger partial charge in [0, 0.05) is 25.6 Å². The largest absolute Gasteiger partial charge is 0.393 e. The van der Waals surface area contributed by atoms with Gasteiger partial charge in [-0.1, -0.05) is 30.3 Å². The smallest absolute Gasteiger partial charge is 0.317 e. The number of hydrogen-bond donors (Lipinski definition) is 2. The van der Waals surface area contributed by atoms with Crippen molar-refractivity contribution < 1.29 is 9.90 Å². The van der Waals surface area contributed by atoms with Gasteiger partial charge >= 0.3 is 6.03 Å². The Kier molecular flexibility index (Phi) is 6.32. The number of nitrogens with zero attached hydrogens (tertiary/aromatic N) is 2. The molecule has 1 aromatic carbocycles. The summed E-state index contributed by atoms with van der Waals surface area (Å²) in [7, 11) is 0. The predicted molar refractivity (Wildman–Crippen MR) is 99.4 cm³/mol. The summed E-state index contributed by atoms with van der Waals surface area (Å²) in [6, 6.07) is 10.3. The van der Waals surface area contributed by atoms with Crippen LogP contribution in [0, 0.1) is 5.92 Å². The number of rotatable bonds is 5. The summed E-state index contributed by atoms with van der Waals surface area (Å²) >= 11 is 0. The second-order valence-electron chi connectivity index (χ2n) is 7.51. The average molecular weight is 345 g/mol. The molecule has 2 amide bonds. The molecule has 0 bridgehead atoms. The van der Waals surface area contributed by atoms with Crippen LogP contribution in [-0.2, 0) is 0 Å². The number of aliphatic hydroxyl groups excluding tert-OH is 1. The molecule has 25 heavy (non-hydrogen) atoms. The summed E-state index contributed by atoms with van der Waals surface area (Å²) in [5.41, 5.74) is 1.16. The van der Waals surface area contributed by atoms with Crippen LogP contribution in [0.1, 0.15) is 44.2 Å². The molecule has 1 aromatic rings. The quantitative estimate of drug-likeness (QED) is 0.862. The first-order valence-corrected chi connectivity index (χ1v) is 9.64. The molecule has 138 valence electrons. The fourth-order valence-corrected chi connectivity index (χ4v) is 3.97. The van der Waals surface area contributed by atoms with Crippen LogP contribution in [-0.4, -0.2) is 59.8 Å². The molecule has 2 aliphatic rings. The molecule has 2 fully saturated rings. The van der Waals surface area contributed by atoms with E-state index in [9.17, 15) is 9.90 Å². The van der Waals surface area contributed by atoms with Gasteiger partial charge in [-0.25, -0.2) is 4.79 Å². The topological polar surface area (TPSA) is 55.8 Å². The lowest BCUT2D eigenvalue weighted by atomic mass is 9.93. The van der Waals surface area contributed by atoms with Crippen LogP contribution < -0.4 is 5.32 Å². The predicted octanol–water partition coefficient (Wildman–Crippen LogP) is 2.63. The normalized spacial score (nSPS) is 24.1. The summed E-state index contributed by atoms with van der Waals surface area (Å²) in [6.07, 6.45) is 4.10. The number of hydrogen-bond acceptors (Lipinski definition) is 3. The van der Waals surface area contributed by atoms with Crippen LogP contribution in [0.2, 0.25) is 0 Å². The van der Waals surface area contributed by atoms with Crippen molar-refractivity contribution in [3.63, 3.8) is 0 Å². The van der Waals surface area contributed by atoms with Gasteiger partial charge in [0.05, 0.1) is 12.1 Å². The van der Waals surface area contributed by atoms with E-state index in [1.807, 2.05) is 30.0 Å². The molecule has 5 heteroatoms. The van der Waals surface area contributed by atoms with E-state index in [0.717, 1.165) is 44.6 Å². The van der Waals surface area contributed by atoms with Crippen molar-refractivity contribution in [1.29, 1.82) is 0 Å². The summed E-state index contributed by atoms with van der Waals surface area (Å²) in [4.78, 5) is 17.2. The Bertz CT molecular complexity index is 543. The number of carbonyl (C=O) groups excluding carboxylic acids is 1. The maximum atomic E-state index is 12.8. The second kappa shape index (κ2) is 8.68. The number of carbonyl (C=O) groups is 1. The van der Waals surface area contributed by atoms with Crippen LogP contribution in [0.15, 0.2) is 30.3 Å². The minimum atomic E-state index is -0.356. The lowest BCUT2D eigenvalue weighted by Crippen LogP contribution is -2.49. The van der Waals surface area contributed by atoms with Crippen LogP contribution in [0.25, 0.3) is 0 Å². The molecule has 0 aromatic heterocycles. The maximum absolute atomic E-state index is 12.8. The third kappa shape index (κ3) is 4.95. The van der Waals surface area contributed by atoms with Crippen molar-refractivity contribution in [2.24, 2.45) is 5.92 Å². The Morgan fingerprint density at radius 3 is 2.60 bits per heavy atom. The molecule has 2 N–H and O–H groups in total. The number of benzene rings is 1. The van der Waals surface area contributed by atoms with Crippen molar-refractivity contribution in [2.75, 3.05) is 32.7 Å². The summed E-state index contributed by atoms with van der Waals surface area (Å²) in [6.45, 7) is 6.35. The van der Waals surface area contributed by atoms with Crippen LogP contribution in [0.3, 0.4) is 0 Å². The van der Waals surface area contributed by atoms with E-state index in [0.29, 0.717) is 6.54 Å². The molecule has 5 nitrogen and oxygen atoms in total. The number of piperidine rings is 1. The number of nitrogens with one attached hydrogen (secondary N) is 1. The highest BCUT2D eigenvalue weighted by Crippen LogP contribution is 2.22. The third-order valence-electron chi connectivity index (χ3n) is 5.57. The summed E-state index contributed by atoms with van der Waals surface area (Å²) < 4.78 is 0. The fourth-order valence-electron chi connectivity index (χ4n) is 3.97. The molecule has 0 aliphatic carbocycles. The minimum Gasteiger partial charge on any atom is -0.393 e. The molecule has 2 saturated heterocycles. The summed E-state index contributed by atoms with van der Waals surface area (Å²) in [5.74, 6) is 0.188. The Morgan fingerprint density at radius 1 is 1.20 bits per heavy atom. The van der Waals surface area contributed by atoms with E-state index in [4.69, 9.17) is 0 Å². The average Bonchev–Trinajstić information content (AvgIpc) is 3.15. The Morgan fingerprint density at radius 2 is 1.92 bits per heavy atom. The molecule has 3 rings (SSSR count). The monoisotopic (exact) mass is 345 g/mol. The highest BCUT2D eigenvalue weighted by atomic mass is 16.3. The Balaban J connectivity index is 1.65. The van der Waals surface area contributed by atoms with Gasteiger partial charge in [0.2, 0.25) is 0 Å². The van der Waals surface area contributed by atoms with Crippen LogP contribution in [0.5, 0.6) is 0 Å². The van der Waals surface area contributed by atoms with Gasteiger partial charge < -0.3 is 20.2 Å². The molecular formula is C20H31N3O2. The lowest BCUT2D eigenvalue weighted by Gasteiger charge is -2.35. The van der Waals surface area contributed by atoms with Gasteiger partial charge in [0.15, 0.2) is 0 Å². The molecule has 0 spiro atoms. The molecule has 0 saturated carbocycles. The number of amides is 2. The van der Waals surface area contributed by atoms with Gasteiger partial charge in [-0.15, -0.1) is 0 Å². The van der Waals surface area contributed by atoms with E-state index in [1.54, 1.807) is 0 Å². The second-order valence-corrected chi connectivity index (χ2v) is 7.51. The first kappa shape index (κ1) is 18.2. The highest BCUT2D eigenvalue weighted by Gasteiger charge is 2.28. The van der Waals surface area contributed by atoms with Gasteiger partial charge in [-0.05, 0) is 51.3 Å². The van der Waals surface area contributed by atoms with Gasteiger partial charge in [-0.3, -0.25) is 0 Å². The zero-order valence-electron chi connectivity index (χ0n) is 15.2. The molecular weight excluding hydrogens is 314 g/mol. The lowest BCUT2D eigenvalue weighted by molar-refractivity contribution is 0.0730. The van der Waals surface area contributed by atoms with Crippen molar-refractivity contribution in [3.8, 4) is 0 Å². The first-order chi connectivity index (χ1) is 12.1. The maximum Gasteiger partial charge on any atom is 0.317 e. The molecule has 2 heterocycles. The number of aliphatic hydroxyl groups is 1. The van der Waals surface area contributed by atoms with Crippen molar-refractivity contribution in [2.45, 2.75) is 44.8 Å². The molecule has 3 unspecified atom stereocenters. The van der Waals surface area contributed by atoms with Gasteiger partial charge in [0.1, 0.15) is 0 Å². The zero-order chi connectivity index (χ0) is 17.6. The number of urea groups is 1. The van der Waals surface area contributed by atoms with Gasteiger partial charge in [0.25, 0.3) is 0 Å². The van der Waals surface area contributed by atoms with Crippen molar-refractivity contribution in [1.82, 2.24) is 15.1 Å². The van der Waals surface area contributed by atoms with Crippen molar-refractivity contribution in [3.05, 3.63) is 35.9 Å². The Hall–Kier alpha value is -1.59. The van der Waals surface area contributed by atoms with E-state index in [-0.39, 0.29) is 24.1 Å². The fraction of sp³-hybridized carbons (Fsp3) is 0.650. The van der Waals surface area contributed by atoms with Crippen molar-refractivity contribution >= 4 is 6.03 Å². The van der Waals surface area contributed by atoms with Gasteiger partial charge in [-0.2, -0.15) is 0 Å². The van der Waals surface area contributed by atoms with E-state index < -0.39 is 0 Å². The summed E-state index contributed by atoms with van der Waals surface area (Å²) in [5, 5.41) is 13.1. The molecule has 2 aliphatic heterocycles.